The standard InChI is InChI=1S/C14H18N2O4/c1-8(17)12(14(19)20)16-13(18)10-3-2-9-4-5-15-7-11(9)6-10/h2-3,6,8,12,15,17H,4-5,7H2,1H3,(H,16,18)(H,19,20)/t8-,12+/m1/s1. The van der Waals surface area contributed by atoms with Crippen LogP contribution in [0.15, 0.2) is 18.2 Å². The Morgan fingerprint density at radius 1 is 1.35 bits per heavy atom. The average Bonchev–Trinajstić information content (AvgIpc) is 2.43. The van der Waals surface area contributed by atoms with Crippen LogP contribution in [-0.4, -0.2) is 40.8 Å². The molecule has 1 heterocycles. The Morgan fingerprint density at radius 3 is 2.75 bits per heavy atom. The molecule has 0 radical (unpaired) electrons. The molecule has 2 rings (SSSR count). The van der Waals surface area contributed by atoms with Crippen molar-refractivity contribution in [3.63, 3.8) is 0 Å². The molecule has 0 unspecified atom stereocenters. The van der Waals surface area contributed by atoms with Crippen molar-refractivity contribution in [2.24, 2.45) is 0 Å². The van der Waals surface area contributed by atoms with Crippen molar-refractivity contribution in [2.75, 3.05) is 6.54 Å². The Bertz CT molecular complexity index is 528. The molecule has 0 aliphatic carbocycles. The molecule has 108 valence electrons. The van der Waals surface area contributed by atoms with Crippen molar-refractivity contribution in [1.29, 1.82) is 0 Å². The number of rotatable bonds is 4. The lowest BCUT2D eigenvalue weighted by Crippen LogP contribution is -2.47. The molecule has 0 saturated carbocycles. The Labute approximate surface area is 116 Å². The maximum atomic E-state index is 12.0. The van der Waals surface area contributed by atoms with E-state index in [2.05, 4.69) is 10.6 Å². The van der Waals surface area contributed by atoms with E-state index in [9.17, 15) is 14.7 Å². The van der Waals surface area contributed by atoms with Gasteiger partial charge in [0.25, 0.3) is 5.91 Å². The normalized spacial score (nSPS) is 16.9. The molecule has 6 nitrogen and oxygen atoms in total. The monoisotopic (exact) mass is 278 g/mol. The van der Waals surface area contributed by atoms with Crippen LogP contribution in [0.2, 0.25) is 0 Å². The van der Waals surface area contributed by atoms with Crippen LogP contribution in [-0.2, 0) is 17.8 Å². The summed E-state index contributed by atoms with van der Waals surface area (Å²) in [6.45, 7) is 2.95. The molecule has 1 aliphatic rings. The highest BCUT2D eigenvalue weighted by Crippen LogP contribution is 2.16. The second-order valence-electron chi connectivity index (χ2n) is 4.94. The molecule has 2 atom stereocenters. The van der Waals surface area contributed by atoms with Gasteiger partial charge in [0.15, 0.2) is 6.04 Å². The minimum atomic E-state index is -1.31. The summed E-state index contributed by atoms with van der Waals surface area (Å²) in [6.07, 6.45) is -0.237. The number of aliphatic carboxylic acids is 1. The summed E-state index contributed by atoms with van der Waals surface area (Å²) in [7, 11) is 0. The highest BCUT2D eigenvalue weighted by Gasteiger charge is 2.25. The zero-order chi connectivity index (χ0) is 14.7. The van der Waals surface area contributed by atoms with Gasteiger partial charge in [0, 0.05) is 12.1 Å². The Balaban J connectivity index is 2.15. The SMILES string of the molecule is C[C@@H](O)[C@H](NC(=O)c1ccc2c(c1)CNCC2)C(=O)O. The van der Waals surface area contributed by atoms with Crippen molar-refractivity contribution in [3.05, 3.63) is 34.9 Å². The molecule has 0 bridgehead atoms. The van der Waals surface area contributed by atoms with Crippen molar-refractivity contribution < 1.29 is 19.8 Å². The molecule has 1 aromatic rings. The van der Waals surface area contributed by atoms with Crippen LogP contribution in [0.5, 0.6) is 0 Å². The van der Waals surface area contributed by atoms with Gasteiger partial charge in [0.05, 0.1) is 6.10 Å². The van der Waals surface area contributed by atoms with Gasteiger partial charge in [0.1, 0.15) is 0 Å². The van der Waals surface area contributed by atoms with Gasteiger partial charge in [-0.15, -0.1) is 0 Å². The van der Waals surface area contributed by atoms with E-state index >= 15 is 0 Å². The smallest absolute Gasteiger partial charge is 0.328 e. The average molecular weight is 278 g/mol. The van der Waals surface area contributed by atoms with E-state index in [1.54, 1.807) is 12.1 Å². The van der Waals surface area contributed by atoms with Crippen LogP contribution in [0.3, 0.4) is 0 Å². The van der Waals surface area contributed by atoms with Crippen molar-refractivity contribution in [2.45, 2.75) is 32.0 Å². The van der Waals surface area contributed by atoms with E-state index in [1.165, 1.54) is 12.5 Å². The van der Waals surface area contributed by atoms with Crippen molar-refractivity contribution >= 4 is 11.9 Å². The Morgan fingerprint density at radius 2 is 2.10 bits per heavy atom. The molecule has 1 aliphatic heterocycles. The predicted octanol–water partition coefficient (Wildman–Crippen LogP) is -0.104. The Kier molecular flexibility index (Phi) is 4.36. The zero-order valence-corrected chi connectivity index (χ0v) is 11.2. The third-order valence-corrected chi connectivity index (χ3v) is 3.39. The molecule has 0 aromatic heterocycles. The number of carbonyl (C=O) groups excluding carboxylic acids is 1. The summed E-state index contributed by atoms with van der Waals surface area (Å²) in [5.74, 6) is -1.75. The number of aliphatic hydroxyl groups excluding tert-OH is 1. The number of carboxylic acids is 1. The molecule has 1 amide bonds. The molecule has 0 saturated heterocycles. The minimum Gasteiger partial charge on any atom is -0.480 e. The van der Waals surface area contributed by atoms with Gasteiger partial charge in [-0.25, -0.2) is 4.79 Å². The molecule has 0 fully saturated rings. The minimum absolute atomic E-state index is 0.402. The predicted molar refractivity (Wildman–Crippen MR) is 72.4 cm³/mol. The quantitative estimate of drug-likeness (QED) is 0.616. The first-order chi connectivity index (χ1) is 9.49. The van der Waals surface area contributed by atoms with Crippen LogP contribution in [0.1, 0.15) is 28.4 Å². The first-order valence-corrected chi connectivity index (χ1v) is 6.53. The van der Waals surface area contributed by atoms with Crippen LogP contribution in [0, 0.1) is 0 Å². The Hall–Kier alpha value is -1.92. The summed E-state index contributed by atoms with van der Waals surface area (Å²) >= 11 is 0. The largest absolute Gasteiger partial charge is 0.480 e. The summed E-state index contributed by atoms with van der Waals surface area (Å²) in [5, 5.41) is 23.9. The maximum absolute atomic E-state index is 12.0. The fourth-order valence-corrected chi connectivity index (χ4v) is 2.23. The summed E-state index contributed by atoms with van der Waals surface area (Å²) in [4.78, 5) is 23.0. The molecule has 20 heavy (non-hydrogen) atoms. The second kappa shape index (κ2) is 6.02. The number of amides is 1. The van der Waals surface area contributed by atoms with E-state index in [1.807, 2.05) is 6.07 Å². The third-order valence-electron chi connectivity index (χ3n) is 3.39. The van der Waals surface area contributed by atoms with Crippen LogP contribution < -0.4 is 10.6 Å². The van der Waals surface area contributed by atoms with Crippen LogP contribution in [0.25, 0.3) is 0 Å². The fraction of sp³-hybridized carbons (Fsp3) is 0.429. The van der Waals surface area contributed by atoms with E-state index in [4.69, 9.17) is 5.11 Å². The molecule has 1 aromatic carbocycles. The van der Waals surface area contributed by atoms with Crippen LogP contribution >= 0.6 is 0 Å². The number of benzene rings is 1. The van der Waals surface area contributed by atoms with E-state index < -0.39 is 24.0 Å². The number of aliphatic hydroxyl groups is 1. The van der Waals surface area contributed by atoms with Gasteiger partial charge in [0.2, 0.25) is 0 Å². The third kappa shape index (κ3) is 3.15. The van der Waals surface area contributed by atoms with Crippen molar-refractivity contribution in [1.82, 2.24) is 10.6 Å². The molecule has 4 N–H and O–H groups in total. The number of carbonyl (C=O) groups is 2. The lowest BCUT2D eigenvalue weighted by atomic mass is 9.98. The number of hydrogen-bond acceptors (Lipinski definition) is 4. The lowest BCUT2D eigenvalue weighted by Gasteiger charge is -2.19. The number of nitrogens with one attached hydrogen (secondary N) is 2. The first-order valence-electron chi connectivity index (χ1n) is 6.53. The molecule has 0 spiro atoms. The summed E-state index contributed by atoms with van der Waals surface area (Å²) in [6, 6.07) is 4.03. The van der Waals surface area contributed by atoms with E-state index in [0.717, 1.165) is 18.5 Å². The molecular weight excluding hydrogens is 260 g/mol. The fourth-order valence-electron chi connectivity index (χ4n) is 2.23. The first kappa shape index (κ1) is 14.5. The number of carboxylic acid groups (broad SMARTS) is 1. The second-order valence-corrected chi connectivity index (χ2v) is 4.94. The highest BCUT2D eigenvalue weighted by molar-refractivity contribution is 5.97. The van der Waals surface area contributed by atoms with E-state index in [-0.39, 0.29) is 0 Å². The van der Waals surface area contributed by atoms with Gasteiger partial charge in [-0.05, 0) is 43.1 Å². The highest BCUT2D eigenvalue weighted by atomic mass is 16.4. The maximum Gasteiger partial charge on any atom is 0.328 e. The zero-order valence-electron chi connectivity index (χ0n) is 11.2. The molecule has 6 heteroatoms. The summed E-state index contributed by atoms with van der Waals surface area (Å²) in [5.41, 5.74) is 2.65. The number of hydrogen-bond donors (Lipinski definition) is 4. The van der Waals surface area contributed by atoms with E-state index in [0.29, 0.717) is 12.1 Å². The van der Waals surface area contributed by atoms with Gasteiger partial charge < -0.3 is 20.8 Å². The summed E-state index contributed by atoms with van der Waals surface area (Å²) < 4.78 is 0. The number of fused-ring (bicyclic) bond motifs is 1. The topological polar surface area (TPSA) is 98.7 Å². The van der Waals surface area contributed by atoms with Crippen molar-refractivity contribution in [3.8, 4) is 0 Å². The van der Waals surface area contributed by atoms with Gasteiger partial charge in [-0.3, -0.25) is 4.79 Å². The van der Waals surface area contributed by atoms with Gasteiger partial charge in [-0.2, -0.15) is 0 Å². The van der Waals surface area contributed by atoms with Crippen LogP contribution in [0.4, 0.5) is 0 Å². The van der Waals surface area contributed by atoms with Gasteiger partial charge >= 0.3 is 5.97 Å². The lowest BCUT2D eigenvalue weighted by molar-refractivity contribution is -0.141. The van der Waals surface area contributed by atoms with Gasteiger partial charge in [-0.1, -0.05) is 6.07 Å². The molecular formula is C14H18N2O4.